The van der Waals surface area contributed by atoms with Gasteiger partial charge < -0.3 is 20.8 Å². The zero-order valence-corrected chi connectivity index (χ0v) is 7.88. The summed E-state index contributed by atoms with van der Waals surface area (Å²) in [6.07, 6.45) is -0.635. The molecule has 0 amide bonds. The first-order valence-electron chi connectivity index (χ1n) is 4.39. The fourth-order valence-corrected chi connectivity index (χ4v) is 0.782. The first-order chi connectivity index (χ1) is 5.66. The summed E-state index contributed by atoms with van der Waals surface area (Å²) in [4.78, 5) is 0. The van der Waals surface area contributed by atoms with Gasteiger partial charge in [-0.05, 0) is 0 Å². The van der Waals surface area contributed by atoms with Gasteiger partial charge >= 0.3 is 0 Å². The Labute approximate surface area is 74.0 Å². The monoisotopic (exact) mass is 176 g/mol. The van der Waals surface area contributed by atoms with Crippen LogP contribution in [-0.4, -0.2) is 48.6 Å². The summed E-state index contributed by atoms with van der Waals surface area (Å²) in [5.74, 6) is 0. The first-order valence-corrected chi connectivity index (χ1v) is 4.39. The molecule has 0 aromatic heterocycles. The summed E-state index contributed by atoms with van der Waals surface area (Å²) >= 11 is 0. The van der Waals surface area contributed by atoms with E-state index in [4.69, 9.17) is 10.2 Å². The van der Waals surface area contributed by atoms with Crippen LogP contribution in [-0.2, 0) is 0 Å². The lowest BCUT2D eigenvalue weighted by atomic mass is 10.3. The maximum Gasteiger partial charge on any atom is 0.0894 e. The number of hydrogen-bond donors (Lipinski definition) is 4. The molecule has 0 rings (SSSR count). The van der Waals surface area contributed by atoms with Crippen LogP contribution in [0.15, 0.2) is 0 Å². The number of hydrogen-bond acceptors (Lipinski definition) is 4. The molecule has 0 aliphatic heterocycles. The quantitative estimate of drug-likeness (QED) is 0.373. The second-order valence-corrected chi connectivity index (χ2v) is 3.15. The van der Waals surface area contributed by atoms with Gasteiger partial charge in [0.25, 0.3) is 0 Å². The van der Waals surface area contributed by atoms with Crippen molar-refractivity contribution in [3.63, 3.8) is 0 Å². The van der Waals surface area contributed by atoms with Crippen LogP contribution in [0.3, 0.4) is 0 Å². The topological polar surface area (TPSA) is 64.5 Å². The van der Waals surface area contributed by atoms with Crippen molar-refractivity contribution in [1.82, 2.24) is 10.6 Å². The molecule has 1 unspecified atom stereocenters. The van der Waals surface area contributed by atoms with E-state index < -0.39 is 6.10 Å². The van der Waals surface area contributed by atoms with Crippen LogP contribution in [0.4, 0.5) is 0 Å². The normalized spacial score (nSPS) is 13.8. The zero-order chi connectivity index (χ0) is 9.40. The summed E-state index contributed by atoms with van der Waals surface area (Å²) < 4.78 is 0. The fourth-order valence-electron chi connectivity index (χ4n) is 0.782. The summed E-state index contributed by atoms with van der Waals surface area (Å²) in [7, 11) is 0. The van der Waals surface area contributed by atoms with Crippen LogP contribution in [0.25, 0.3) is 0 Å². The lowest BCUT2D eigenvalue weighted by molar-refractivity contribution is 0.0946. The molecule has 0 aromatic rings. The molecule has 0 fully saturated rings. The molecule has 0 radical (unpaired) electrons. The zero-order valence-electron chi connectivity index (χ0n) is 7.88. The Morgan fingerprint density at radius 1 is 1.25 bits per heavy atom. The third-order valence-electron chi connectivity index (χ3n) is 1.45. The van der Waals surface area contributed by atoms with Gasteiger partial charge in [0, 0.05) is 25.7 Å². The minimum Gasteiger partial charge on any atom is -0.394 e. The van der Waals surface area contributed by atoms with Crippen LogP contribution < -0.4 is 10.6 Å². The van der Waals surface area contributed by atoms with Crippen molar-refractivity contribution in [2.24, 2.45) is 0 Å². The average Bonchev–Trinajstić information content (AvgIpc) is 2.03. The molecule has 0 saturated carbocycles. The lowest BCUT2D eigenvalue weighted by Gasteiger charge is -2.10. The van der Waals surface area contributed by atoms with Crippen molar-refractivity contribution < 1.29 is 10.2 Å². The van der Waals surface area contributed by atoms with Crippen LogP contribution in [0.2, 0.25) is 0 Å². The molecule has 74 valence electrons. The van der Waals surface area contributed by atoms with E-state index in [1.54, 1.807) is 0 Å². The van der Waals surface area contributed by atoms with E-state index in [0.717, 1.165) is 13.1 Å². The molecule has 4 N–H and O–H groups in total. The predicted octanol–water partition coefficient (Wildman–Crippen LogP) is -1.07. The maximum absolute atomic E-state index is 8.93. The van der Waals surface area contributed by atoms with Gasteiger partial charge in [0.2, 0.25) is 0 Å². The van der Waals surface area contributed by atoms with Crippen LogP contribution >= 0.6 is 0 Å². The molecule has 0 aliphatic rings. The van der Waals surface area contributed by atoms with Crippen LogP contribution in [0.1, 0.15) is 13.8 Å². The molecular formula is C8H20N2O2. The number of nitrogens with one attached hydrogen (secondary N) is 2. The van der Waals surface area contributed by atoms with Gasteiger partial charge in [-0.1, -0.05) is 13.8 Å². The number of rotatable bonds is 7. The Hall–Kier alpha value is -0.160. The highest BCUT2D eigenvalue weighted by molar-refractivity contribution is 4.59. The molecule has 4 nitrogen and oxygen atoms in total. The SMILES string of the molecule is CC(C)NCCNCC(O)CO. The number of aliphatic hydroxyl groups is 2. The molecule has 1 atom stereocenters. The summed E-state index contributed by atoms with van der Waals surface area (Å²) in [5, 5.41) is 23.7. The maximum atomic E-state index is 8.93. The molecule has 0 aliphatic carbocycles. The van der Waals surface area contributed by atoms with Crippen molar-refractivity contribution >= 4 is 0 Å². The summed E-state index contributed by atoms with van der Waals surface area (Å²) in [6, 6.07) is 0.495. The molecule has 0 aromatic carbocycles. The minimum atomic E-state index is -0.635. The van der Waals surface area contributed by atoms with E-state index in [-0.39, 0.29) is 6.61 Å². The van der Waals surface area contributed by atoms with E-state index in [0.29, 0.717) is 12.6 Å². The summed E-state index contributed by atoms with van der Waals surface area (Å²) in [5.41, 5.74) is 0. The highest BCUT2D eigenvalue weighted by atomic mass is 16.3. The van der Waals surface area contributed by atoms with Crippen molar-refractivity contribution in [2.75, 3.05) is 26.2 Å². The lowest BCUT2D eigenvalue weighted by Crippen LogP contribution is -2.36. The largest absolute Gasteiger partial charge is 0.394 e. The van der Waals surface area contributed by atoms with Crippen molar-refractivity contribution in [3.8, 4) is 0 Å². The third kappa shape index (κ3) is 7.94. The molecular weight excluding hydrogens is 156 g/mol. The van der Waals surface area contributed by atoms with E-state index in [2.05, 4.69) is 24.5 Å². The average molecular weight is 176 g/mol. The Bertz CT molecular complexity index is 99.1. The Kier molecular flexibility index (Phi) is 7.39. The second kappa shape index (κ2) is 7.49. The van der Waals surface area contributed by atoms with Gasteiger partial charge in [0.1, 0.15) is 0 Å². The first kappa shape index (κ1) is 11.8. The number of aliphatic hydroxyl groups excluding tert-OH is 2. The second-order valence-electron chi connectivity index (χ2n) is 3.15. The van der Waals surface area contributed by atoms with E-state index in [1.807, 2.05) is 0 Å². The smallest absolute Gasteiger partial charge is 0.0894 e. The molecule has 0 heterocycles. The van der Waals surface area contributed by atoms with Gasteiger partial charge in [-0.25, -0.2) is 0 Å². The van der Waals surface area contributed by atoms with Gasteiger partial charge in [0.05, 0.1) is 12.7 Å². The Morgan fingerprint density at radius 2 is 1.92 bits per heavy atom. The third-order valence-corrected chi connectivity index (χ3v) is 1.45. The minimum absolute atomic E-state index is 0.176. The van der Waals surface area contributed by atoms with Crippen molar-refractivity contribution in [2.45, 2.75) is 26.0 Å². The van der Waals surface area contributed by atoms with Gasteiger partial charge in [-0.2, -0.15) is 0 Å². The van der Waals surface area contributed by atoms with Gasteiger partial charge in [-0.15, -0.1) is 0 Å². The Morgan fingerprint density at radius 3 is 2.42 bits per heavy atom. The van der Waals surface area contributed by atoms with E-state index >= 15 is 0 Å². The highest BCUT2D eigenvalue weighted by Gasteiger charge is 1.99. The molecule has 0 bridgehead atoms. The van der Waals surface area contributed by atoms with Gasteiger partial charge in [-0.3, -0.25) is 0 Å². The predicted molar refractivity (Wildman–Crippen MR) is 49.1 cm³/mol. The standard InChI is InChI=1S/C8H20N2O2/c1-7(2)10-4-3-9-5-8(12)6-11/h7-12H,3-6H2,1-2H3. The summed E-state index contributed by atoms with van der Waals surface area (Å²) in [6.45, 7) is 6.15. The highest BCUT2D eigenvalue weighted by Crippen LogP contribution is 1.76. The van der Waals surface area contributed by atoms with Crippen molar-refractivity contribution in [1.29, 1.82) is 0 Å². The van der Waals surface area contributed by atoms with Gasteiger partial charge in [0.15, 0.2) is 0 Å². The fraction of sp³-hybridized carbons (Fsp3) is 1.00. The van der Waals surface area contributed by atoms with Crippen LogP contribution in [0.5, 0.6) is 0 Å². The van der Waals surface area contributed by atoms with Crippen LogP contribution in [0, 0.1) is 0 Å². The molecule has 0 saturated heterocycles. The Balaban J connectivity index is 3.00. The molecule has 4 heteroatoms. The van der Waals surface area contributed by atoms with E-state index in [9.17, 15) is 0 Å². The molecule has 0 spiro atoms. The van der Waals surface area contributed by atoms with Crippen molar-refractivity contribution in [3.05, 3.63) is 0 Å². The van der Waals surface area contributed by atoms with E-state index in [1.165, 1.54) is 0 Å². The molecule has 12 heavy (non-hydrogen) atoms.